The molecule has 2 aromatic rings. The molecule has 0 radical (unpaired) electrons. The predicted molar refractivity (Wildman–Crippen MR) is 141 cm³/mol. The van der Waals surface area contributed by atoms with Crippen molar-refractivity contribution in [3.05, 3.63) is 41.9 Å². The van der Waals surface area contributed by atoms with Crippen LogP contribution in [0.25, 0.3) is 5.65 Å². The van der Waals surface area contributed by atoms with E-state index in [0.717, 1.165) is 0 Å². The lowest BCUT2D eigenvalue weighted by molar-refractivity contribution is -0.0147. The molecule has 2 amide bonds. The van der Waals surface area contributed by atoms with Crippen molar-refractivity contribution < 1.29 is 28.6 Å². The fourth-order valence-electron chi connectivity index (χ4n) is 4.58. The Bertz CT molecular complexity index is 1330. The molecule has 12 nitrogen and oxygen atoms in total. The number of aliphatic hydroxyl groups excluding tert-OH is 1. The van der Waals surface area contributed by atoms with Gasteiger partial charge in [-0.2, -0.15) is 9.61 Å². The van der Waals surface area contributed by atoms with Crippen molar-refractivity contribution in [3.8, 4) is 0 Å². The van der Waals surface area contributed by atoms with Gasteiger partial charge in [0.2, 0.25) is 0 Å². The van der Waals surface area contributed by atoms with Gasteiger partial charge in [0, 0.05) is 32.5 Å². The number of carbonyl (C=O) groups is 2. The zero-order valence-electron chi connectivity index (χ0n) is 22.6. The van der Waals surface area contributed by atoms with E-state index in [2.05, 4.69) is 20.7 Å². The summed E-state index contributed by atoms with van der Waals surface area (Å²) in [4.78, 5) is 33.6. The lowest BCUT2D eigenvalue weighted by Gasteiger charge is -2.43. The van der Waals surface area contributed by atoms with Gasteiger partial charge < -0.3 is 30.1 Å². The number of rotatable bonds is 7. The molecule has 1 aliphatic heterocycles. The second-order valence-corrected chi connectivity index (χ2v) is 11.1. The molecular formula is C26H34FN7O5. The molecule has 3 heterocycles. The van der Waals surface area contributed by atoms with E-state index in [9.17, 15) is 19.1 Å². The number of nitrogens with one attached hydrogen (secondary N) is 2. The molecule has 2 unspecified atom stereocenters. The number of nitrogens with zero attached hydrogens (tertiary/aromatic N) is 5. The summed E-state index contributed by atoms with van der Waals surface area (Å²) in [5, 5.41) is 21.4. The molecule has 13 heteroatoms. The molecule has 0 bridgehead atoms. The minimum atomic E-state index is -1.05. The molecule has 3 N–H and O–H groups in total. The Morgan fingerprint density at radius 2 is 2.00 bits per heavy atom. The number of anilines is 2. The van der Waals surface area contributed by atoms with Gasteiger partial charge >= 0.3 is 6.09 Å². The lowest BCUT2D eigenvalue weighted by Crippen LogP contribution is -2.49. The van der Waals surface area contributed by atoms with Crippen LogP contribution in [-0.2, 0) is 9.47 Å². The van der Waals surface area contributed by atoms with E-state index >= 15 is 0 Å². The first-order valence-corrected chi connectivity index (χ1v) is 12.9. The summed E-state index contributed by atoms with van der Waals surface area (Å²) >= 11 is 0. The van der Waals surface area contributed by atoms with E-state index in [-0.39, 0.29) is 46.9 Å². The summed E-state index contributed by atoms with van der Waals surface area (Å²) in [7, 11) is 3.13. The van der Waals surface area contributed by atoms with Crippen LogP contribution in [0.15, 0.2) is 36.3 Å². The number of aliphatic hydroxyl groups is 1. The maximum atomic E-state index is 13.5. The number of fused-ring (bicyclic) bond motifs is 1. The van der Waals surface area contributed by atoms with Gasteiger partial charge in [0.25, 0.3) is 5.91 Å². The van der Waals surface area contributed by atoms with Crippen molar-refractivity contribution in [2.45, 2.75) is 76.2 Å². The Morgan fingerprint density at radius 1 is 1.26 bits per heavy atom. The van der Waals surface area contributed by atoms with Crippen molar-refractivity contribution in [1.82, 2.24) is 24.8 Å². The zero-order chi connectivity index (χ0) is 28.1. The summed E-state index contributed by atoms with van der Waals surface area (Å²) < 4.78 is 25.7. The number of hydrogen-bond donors (Lipinski definition) is 3. The Kier molecular flexibility index (Phi) is 6.97. The van der Waals surface area contributed by atoms with Gasteiger partial charge in [0.15, 0.2) is 11.9 Å². The minimum Gasteiger partial charge on any atom is -0.443 e. The predicted octanol–water partition coefficient (Wildman–Crippen LogP) is 2.56. The second kappa shape index (κ2) is 10.1. The summed E-state index contributed by atoms with van der Waals surface area (Å²) in [6.45, 7) is 5.29. The van der Waals surface area contributed by atoms with E-state index in [1.807, 2.05) is 0 Å². The van der Waals surface area contributed by atoms with E-state index in [4.69, 9.17) is 9.47 Å². The zero-order valence-corrected chi connectivity index (χ0v) is 22.6. The van der Waals surface area contributed by atoms with E-state index in [1.54, 1.807) is 57.2 Å². The number of hydrogen-bond acceptors (Lipinski definition) is 9. The largest absolute Gasteiger partial charge is 0.443 e. The molecule has 0 spiro atoms. The molecule has 0 saturated heterocycles. The second-order valence-electron chi connectivity index (χ2n) is 11.1. The van der Waals surface area contributed by atoms with Crippen molar-refractivity contribution in [3.63, 3.8) is 0 Å². The Labute approximate surface area is 225 Å². The fraction of sp³-hybridized carbons (Fsp3) is 0.538. The molecule has 5 rings (SSSR count). The van der Waals surface area contributed by atoms with Crippen molar-refractivity contribution in [1.29, 1.82) is 0 Å². The smallest absolute Gasteiger partial charge is 0.415 e. The first-order valence-electron chi connectivity index (χ1n) is 12.9. The lowest BCUT2D eigenvalue weighted by atomic mass is 9.88. The number of carbonyl (C=O) groups excluding carboxylic acids is 2. The fourth-order valence-corrected chi connectivity index (χ4v) is 4.58. The Hall–Kier alpha value is -3.71. The third-order valence-corrected chi connectivity index (χ3v) is 6.90. The van der Waals surface area contributed by atoms with Crippen LogP contribution in [-0.4, -0.2) is 87.0 Å². The molecule has 210 valence electrons. The van der Waals surface area contributed by atoms with E-state index in [1.165, 1.54) is 22.7 Å². The normalized spacial score (nSPS) is 26.1. The molecule has 2 fully saturated rings. The summed E-state index contributed by atoms with van der Waals surface area (Å²) in [5.74, 6) is 0.178. The van der Waals surface area contributed by atoms with Crippen LogP contribution in [0.3, 0.4) is 0 Å². The van der Waals surface area contributed by atoms with Crippen LogP contribution >= 0.6 is 0 Å². The van der Waals surface area contributed by atoms with Gasteiger partial charge in [-0.25, -0.2) is 14.2 Å². The standard InChI is InChI=1S/C26H34FN7O5/c1-26(2,3)39-25(37)32(4)21-12-20(29-17-7-6-8-33(24(17)36)15-9-14(27)10-15)31-22-16(13-28-34(21)22)23(35)30-18-11-19(18)38-5/h6-8,12-15,18-19,24,36H,9-11H2,1-5H3,(H,29,31)(H,30,35)/t14-,15-,18?,19-,24?/m1/s1. The SMILES string of the molecule is CO[C@@H]1CC1NC(=O)c1cnn2c(N(C)C(=O)OC(C)(C)C)cc(NC3=CC=CN([C@H]4C[C@H](F)C4)C3O)nc12. The minimum absolute atomic E-state index is 0.0334. The van der Waals surface area contributed by atoms with Crippen LogP contribution in [0.5, 0.6) is 0 Å². The highest BCUT2D eigenvalue weighted by Gasteiger charge is 2.40. The van der Waals surface area contributed by atoms with E-state index in [0.29, 0.717) is 25.0 Å². The average Bonchev–Trinajstić information content (AvgIpc) is 3.46. The number of methoxy groups -OCH3 is 1. The van der Waals surface area contributed by atoms with E-state index < -0.39 is 24.1 Å². The topological polar surface area (TPSA) is 134 Å². The van der Waals surface area contributed by atoms with Crippen LogP contribution in [0, 0.1) is 0 Å². The van der Waals surface area contributed by atoms with Gasteiger partial charge in [0.05, 0.1) is 24.0 Å². The number of amides is 2. The average molecular weight is 544 g/mol. The van der Waals surface area contributed by atoms with Gasteiger partial charge in [-0.3, -0.25) is 9.69 Å². The van der Waals surface area contributed by atoms with Crippen molar-refractivity contribution in [2.75, 3.05) is 24.4 Å². The highest BCUT2D eigenvalue weighted by molar-refractivity contribution is 6.00. The monoisotopic (exact) mass is 543 g/mol. The first-order chi connectivity index (χ1) is 18.4. The Morgan fingerprint density at radius 3 is 2.64 bits per heavy atom. The third kappa shape index (κ3) is 5.55. The quantitative estimate of drug-likeness (QED) is 0.482. The number of ether oxygens (including phenoxy) is 2. The van der Waals surface area contributed by atoms with Gasteiger partial charge in [0.1, 0.15) is 29.0 Å². The third-order valence-electron chi connectivity index (χ3n) is 6.90. The van der Waals surface area contributed by atoms with Crippen molar-refractivity contribution in [2.24, 2.45) is 0 Å². The van der Waals surface area contributed by atoms with Gasteiger partial charge in [-0.1, -0.05) is 0 Å². The number of alkyl halides is 1. The summed E-state index contributed by atoms with van der Waals surface area (Å²) in [6, 6.07) is 1.37. The first kappa shape index (κ1) is 26.9. The molecule has 3 aliphatic rings. The van der Waals surface area contributed by atoms with Crippen LogP contribution in [0.4, 0.5) is 20.8 Å². The highest BCUT2D eigenvalue weighted by atomic mass is 19.1. The van der Waals surface area contributed by atoms with Gasteiger partial charge in [-0.05, 0) is 52.2 Å². The van der Waals surface area contributed by atoms with Crippen LogP contribution in [0.1, 0.15) is 50.4 Å². The highest BCUT2D eigenvalue weighted by Crippen LogP contribution is 2.33. The maximum Gasteiger partial charge on any atom is 0.415 e. The van der Waals surface area contributed by atoms with Crippen LogP contribution in [0.2, 0.25) is 0 Å². The maximum absolute atomic E-state index is 13.5. The Balaban J connectivity index is 1.47. The number of aromatic nitrogens is 3. The molecule has 3 atom stereocenters. The van der Waals surface area contributed by atoms with Crippen molar-refractivity contribution >= 4 is 29.3 Å². The molecule has 2 aliphatic carbocycles. The summed E-state index contributed by atoms with van der Waals surface area (Å²) in [5.41, 5.74) is 0.0921. The molecular weight excluding hydrogens is 509 g/mol. The molecule has 39 heavy (non-hydrogen) atoms. The summed E-state index contributed by atoms with van der Waals surface area (Å²) in [6.07, 6.45) is 5.41. The molecule has 2 aromatic heterocycles. The number of halogens is 1. The molecule has 0 aromatic carbocycles. The number of allylic oxidation sites excluding steroid dienone is 2. The van der Waals surface area contributed by atoms with Crippen LogP contribution < -0.4 is 15.5 Å². The molecule has 2 saturated carbocycles. The van der Waals surface area contributed by atoms with Gasteiger partial charge in [-0.15, -0.1) is 0 Å².